The number of hydrogen-bond donors (Lipinski definition) is 1. The molecule has 0 bridgehead atoms. The summed E-state index contributed by atoms with van der Waals surface area (Å²) in [6.45, 7) is 8.58. The first-order valence-electron chi connectivity index (χ1n) is 7.02. The summed E-state index contributed by atoms with van der Waals surface area (Å²) in [5.74, 6) is -0.135. The number of rotatable bonds is 3. The van der Waals surface area contributed by atoms with Gasteiger partial charge in [-0.1, -0.05) is 26.8 Å². The van der Waals surface area contributed by atoms with E-state index in [1.54, 1.807) is 11.7 Å². The summed E-state index contributed by atoms with van der Waals surface area (Å²) >= 11 is 0. The lowest BCUT2D eigenvalue weighted by Gasteiger charge is -2.13. The van der Waals surface area contributed by atoms with Crippen molar-refractivity contribution in [1.29, 1.82) is 0 Å². The molecule has 112 valence electrons. The Labute approximate surface area is 125 Å². The molecule has 0 radical (unpaired) electrons. The van der Waals surface area contributed by atoms with Crippen LogP contribution >= 0.6 is 0 Å². The fourth-order valence-electron chi connectivity index (χ4n) is 2.01. The molecule has 1 amide bonds. The molecule has 0 atom stereocenters. The summed E-state index contributed by atoms with van der Waals surface area (Å²) in [5, 5.41) is 7.30. The van der Waals surface area contributed by atoms with Gasteiger partial charge in [0.05, 0.1) is 17.9 Å². The highest BCUT2D eigenvalue weighted by molar-refractivity contribution is 5.92. The van der Waals surface area contributed by atoms with Crippen LogP contribution in [0.4, 0.5) is 0 Å². The maximum Gasteiger partial charge on any atom is 0.269 e. The lowest BCUT2D eigenvalue weighted by atomic mass is 9.92. The number of amides is 1. The molecule has 0 spiro atoms. The average molecular weight is 286 g/mol. The van der Waals surface area contributed by atoms with Crippen LogP contribution in [0, 0.1) is 6.92 Å². The van der Waals surface area contributed by atoms with Crippen molar-refractivity contribution in [2.45, 2.75) is 39.7 Å². The third-order valence-corrected chi connectivity index (χ3v) is 3.26. The zero-order chi connectivity index (χ0) is 15.6. The van der Waals surface area contributed by atoms with Gasteiger partial charge in [0.15, 0.2) is 0 Å². The van der Waals surface area contributed by atoms with Gasteiger partial charge in [0.2, 0.25) is 0 Å². The SMILES string of the molecule is Cc1cccc(CNC(=O)c2cc(C(C)(C)C)nn2C)n1. The first-order valence-corrected chi connectivity index (χ1v) is 7.02. The molecule has 2 aromatic heterocycles. The van der Waals surface area contributed by atoms with E-state index in [1.807, 2.05) is 31.2 Å². The van der Waals surface area contributed by atoms with Gasteiger partial charge in [-0.25, -0.2) is 0 Å². The van der Waals surface area contributed by atoms with Crippen LogP contribution in [0.3, 0.4) is 0 Å². The highest BCUT2D eigenvalue weighted by Gasteiger charge is 2.21. The normalized spacial score (nSPS) is 11.5. The topological polar surface area (TPSA) is 59.8 Å². The predicted octanol–water partition coefficient (Wildman–Crippen LogP) is 2.35. The quantitative estimate of drug-likeness (QED) is 0.942. The highest BCUT2D eigenvalue weighted by atomic mass is 16.2. The molecule has 2 aromatic rings. The molecule has 0 aliphatic carbocycles. The molecular weight excluding hydrogens is 264 g/mol. The number of nitrogens with one attached hydrogen (secondary N) is 1. The fourth-order valence-corrected chi connectivity index (χ4v) is 2.01. The first kappa shape index (κ1) is 15.2. The predicted molar refractivity (Wildman–Crippen MR) is 82.1 cm³/mol. The van der Waals surface area contributed by atoms with E-state index in [0.717, 1.165) is 17.1 Å². The Morgan fingerprint density at radius 1 is 1.33 bits per heavy atom. The Bertz CT molecular complexity index is 653. The smallest absolute Gasteiger partial charge is 0.269 e. The molecule has 21 heavy (non-hydrogen) atoms. The molecule has 0 saturated carbocycles. The van der Waals surface area contributed by atoms with E-state index in [9.17, 15) is 4.79 Å². The van der Waals surface area contributed by atoms with Gasteiger partial charge >= 0.3 is 0 Å². The van der Waals surface area contributed by atoms with Crippen LogP contribution in [-0.4, -0.2) is 20.7 Å². The van der Waals surface area contributed by atoms with Gasteiger partial charge in [-0.05, 0) is 25.1 Å². The summed E-state index contributed by atoms with van der Waals surface area (Å²) in [6, 6.07) is 7.61. The number of carbonyl (C=O) groups excluding carboxylic acids is 1. The number of aromatic nitrogens is 3. The second kappa shape index (κ2) is 5.68. The number of carbonyl (C=O) groups is 1. The standard InChI is InChI=1S/C16H22N4O/c1-11-7-6-8-12(18-11)10-17-15(21)13-9-14(16(2,3)4)19-20(13)5/h6-9H,10H2,1-5H3,(H,17,21). The highest BCUT2D eigenvalue weighted by Crippen LogP contribution is 2.21. The zero-order valence-corrected chi connectivity index (χ0v) is 13.3. The van der Waals surface area contributed by atoms with Gasteiger partial charge in [-0.3, -0.25) is 14.5 Å². The van der Waals surface area contributed by atoms with Crippen molar-refractivity contribution in [3.8, 4) is 0 Å². The Balaban J connectivity index is 2.09. The summed E-state index contributed by atoms with van der Waals surface area (Å²) < 4.78 is 1.62. The lowest BCUT2D eigenvalue weighted by Crippen LogP contribution is -2.25. The Morgan fingerprint density at radius 2 is 2.05 bits per heavy atom. The van der Waals surface area contributed by atoms with Crippen LogP contribution in [0.2, 0.25) is 0 Å². The van der Waals surface area contributed by atoms with Crippen LogP contribution in [-0.2, 0) is 19.0 Å². The second-order valence-electron chi connectivity index (χ2n) is 6.24. The Hall–Kier alpha value is -2.17. The van der Waals surface area contributed by atoms with E-state index in [2.05, 4.69) is 36.2 Å². The number of hydrogen-bond acceptors (Lipinski definition) is 3. The van der Waals surface area contributed by atoms with Crippen LogP contribution < -0.4 is 5.32 Å². The van der Waals surface area contributed by atoms with Crippen LogP contribution in [0.15, 0.2) is 24.3 Å². The molecule has 2 rings (SSSR count). The maximum atomic E-state index is 12.3. The van der Waals surface area contributed by atoms with E-state index >= 15 is 0 Å². The summed E-state index contributed by atoms with van der Waals surface area (Å²) in [5.41, 5.74) is 3.18. The summed E-state index contributed by atoms with van der Waals surface area (Å²) in [7, 11) is 1.79. The summed E-state index contributed by atoms with van der Waals surface area (Å²) in [4.78, 5) is 16.6. The fraction of sp³-hybridized carbons (Fsp3) is 0.438. The van der Waals surface area contributed by atoms with Gasteiger partial charge in [0, 0.05) is 18.2 Å². The molecule has 0 aromatic carbocycles. The minimum Gasteiger partial charge on any atom is -0.345 e. The van der Waals surface area contributed by atoms with Gasteiger partial charge < -0.3 is 5.32 Å². The Morgan fingerprint density at radius 3 is 2.62 bits per heavy atom. The van der Waals surface area contributed by atoms with Crippen molar-refractivity contribution in [1.82, 2.24) is 20.1 Å². The molecule has 0 aliphatic heterocycles. The van der Waals surface area contributed by atoms with E-state index in [4.69, 9.17) is 0 Å². The molecule has 5 heteroatoms. The van der Waals surface area contributed by atoms with Gasteiger partial charge in [0.1, 0.15) is 5.69 Å². The molecule has 5 nitrogen and oxygen atoms in total. The number of aryl methyl sites for hydroxylation is 2. The van der Waals surface area contributed by atoms with Crippen LogP contribution in [0.25, 0.3) is 0 Å². The van der Waals surface area contributed by atoms with Crippen molar-refractivity contribution in [2.24, 2.45) is 7.05 Å². The molecular formula is C16H22N4O. The molecule has 0 unspecified atom stereocenters. The van der Waals surface area contributed by atoms with Gasteiger partial charge in [-0.2, -0.15) is 5.10 Å². The third-order valence-electron chi connectivity index (χ3n) is 3.26. The average Bonchev–Trinajstić information content (AvgIpc) is 2.78. The van der Waals surface area contributed by atoms with Crippen molar-refractivity contribution < 1.29 is 4.79 Å². The molecule has 0 saturated heterocycles. The van der Waals surface area contributed by atoms with E-state index in [0.29, 0.717) is 12.2 Å². The molecule has 1 N–H and O–H groups in total. The van der Waals surface area contributed by atoms with Crippen molar-refractivity contribution in [3.63, 3.8) is 0 Å². The third kappa shape index (κ3) is 3.68. The first-order chi connectivity index (χ1) is 9.77. The molecule has 0 fully saturated rings. The lowest BCUT2D eigenvalue weighted by molar-refractivity contribution is 0.0941. The minimum atomic E-state index is -0.135. The largest absolute Gasteiger partial charge is 0.345 e. The Kier molecular flexibility index (Phi) is 4.11. The van der Waals surface area contributed by atoms with E-state index in [-0.39, 0.29) is 11.3 Å². The monoisotopic (exact) mass is 286 g/mol. The maximum absolute atomic E-state index is 12.3. The van der Waals surface area contributed by atoms with Crippen LogP contribution in [0.1, 0.15) is 48.3 Å². The minimum absolute atomic E-state index is 0.0750. The number of pyridine rings is 1. The van der Waals surface area contributed by atoms with E-state index in [1.165, 1.54) is 0 Å². The summed E-state index contributed by atoms with van der Waals surface area (Å²) in [6.07, 6.45) is 0. The van der Waals surface area contributed by atoms with Crippen molar-refractivity contribution in [2.75, 3.05) is 0 Å². The zero-order valence-electron chi connectivity index (χ0n) is 13.3. The molecule has 0 aliphatic rings. The van der Waals surface area contributed by atoms with Crippen LogP contribution in [0.5, 0.6) is 0 Å². The van der Waals surface area contributed by atoms with Crippen molar-refractivity contribution in [3.05, 3.63) is 47.0 Å². The van der Waals surface area contributed by atoms with E-state index < -0.39 is 0 Å². The van der Waals surface area contributed by atoms with Gasteiger partial charge in [0.25, 0.3) is 5.91 Å². The van der Waals surface area contributed by atoms with Crippen molar-refractivity contribution >= 4 is 5.91 Å². The van der Waals surface area contributed by atoms with Gasteiger partial charge in [-0.15, -0.1) is 0 Å². The molecule has 2 heterocycles. The number of nitrogens with zero attached hydrogens (tertiary/aromatic N) is 3. The second-order valence-corrected chi connectivity index (χ2v) is 6.24.